The summed E-state index contributed by atoms with van der Waals surface area (Å²) in [6, 6.07) is 4.03. The Hall–Kier alpha value is -1.68. The molecular weight excluding hydrogens is 200 g/mol. The van der Waals surface area contributed by atoms with Crippen LogP contribution < -0.4 is 5.73 Å². The van der Waals surface area contributed by atoms with Gasteiger partial charge in [0.05, 0.1) is 17.6 Å². The van der Waals surface area contributed by atoms with Crippen LogP contribution in [0.15, 0.2) is 30.7 Å². The van der Waals surface area contributed by atoms with Crippen molar-refractivity contribution in [1.82, 2.24) is 14.8 Å². The number of nitrogens with zero attached hydrogens (tertiary/aromatic N) is 3. The Morgan fingerprint density at radius 3 is 3.00 bits per heavy atom. The van der Waals surface area contributed by atoms with Crippen LogP contribution >= 0.6 is 0 Å². The van der Waals surface area contributed by atoms with E-state index in [0.29, 0.717) is 12.5 Å². The van der Waals surface area contributed by atoms with Crippen LogP contribution in [0.5, 0.6) is 0 Å². The largest absolute Gasteiger partial charge is 0.326 e. The van der Waals surface area contributed by atoms with E-state index in [1.165, 1.54) is 18.5 Å². The van der Waals surface area contributed by atoms with E-state index in [-0.39, 0.29) is 0 Å². The first-order valence-electron chi connectivity index (χ1n) is 5.57. The van der Waals surface area contributed by atoms with Gasteiger partial charge in [-0.25, -0.2) is 4.68 Å². The first kappa shape index (κ1) is 9.54. The second kappa shape index (κ2) is 3.72. The average Bonchev–Trinajstić information content (AvgIpc) is 3.07. The van der Waals surface area contributed by atoms with E-state index in [9.17, 15) is 0 Å². The van der Waals surface area contributed by atoms with Gasteiger partial charge in [-0.1, -0.05) is 0 Å². The highest BCUT2D eigenvalue weighted by molar-refractivity contribution is 5.37. The number of nitrogens with two attached hydrogens (primary N) is 1. The molecule has 0 aromatic carbocycles. The third-order valence-corrected chi connectivity index (χ3v) is 2.96. The van der Waals surface area contributed by atoms with Gasteiger partial charge in [0.2, 0.25) is 0 Å². The van der Waals surface area contributed by atoms with Crippen LogP contribution in [0.4, 0.5) is 0 Å². The maximum absolute atomic E-state index is 5.70. The molecule has 0 bridgehead atoms. The Labute approximate surface area is 94.1 Å². The molecule has 2 aromatic rings. The molecule has 1 fully saturated rings. The van der Waals surface area contributed by atoms with Crippen molar-refractivity contribution in [3.8, 4) is 5.69 Å². The molecule has 16 heavy (non-hydrogen) atoms. The van der Waals surface area contributed by atoms with Gasteiger partial charge in [0, 0.05) is 24.9 Å². The molecule has 2 N–H and O–H groups in total. The third-order valence-electron chi connectivity index (χ3n) is 2.96. The van der Waals surface area contributed by atoms with Crippen LogP contribution in [0.25, 0.3) is 5.69 Å². The molecule has 0 aliphatic heterocycles. The summed E-state index contributed by atoms with van der Waals surface area (Å²) in [6.45, 7) is 0.510. The van der Waals surface area contributed by atoms with Gasteiger partial charge in [-0.15, -0.1) is 0 Å². The minimum Gasteiger partial charge on any atom is -0.326 e. The van der Waals surface area contributed by atoms with Crippen molar-refractivity contribution in [3.63, 3.8) is 0 Å². The van der Waals surface area contributed by atoms with Crippen molar-refractivity contribution >= 4 is 0 Å². The molecule has 2 heterocycles. The molecule has 0 spiro atoms. The van der Waals surface area contributed by atoms with Gasteiger partial charge in [0.25, 0.3) is 0 Å². The van der Waals surface area contributed by atoms with E-state index in [4.69, 9.17) is 5.73 Å². The molecule has 0 radical (unpaired) electrons. The second-order valence-corrected chi connectivity index (χ2v) is 4.17. The Bertz CT molecular complexity index is 499. The lowest BCUT2D eigenvalue weighted by Crippen LogP contribution is -2.05. The van der Waals surface area contributed by atoms with Gasteiger partial charge in [-0.2, -0.15) is 5.10 Å². The quantitative estimate of drug-likeness (QED) is 0.844. The zero-order valence-corrected chi connectivity index (χ0v) is 9.00. The van der Waals surface area contributed by atoms with Crippen LogP contribution in [0.1, 0.15) is 30.0 Å². The van der Waals surface area contributed by atoms with E-state index in [0.717, 1.165) is 11.3 Å². The molecule has 4 heteroatoms. The first-order valence-corrected chi connectivity index (χ1v) is 5.57. The van der Waals surface area contributed by atoms with Crippen molar-refractivity contribution in [3.05, 3.63) is 42.0 Å². The predicted octanol–water partition coefficient (Wildman–Crippen LogP) is 1.60. The van der Waals surface area contributed by atoms with Gasteiger partial charge in [0.1, 0.15) is 0 Å². The lowest BCUT2D eigenvalue weighted by molar-refractivity contribution is 0.818. The maximum atomic E-state index is 5.70. The molecule has 0 amide bonds. The van der Waals surface area contributed by atoms with Crippen molar-refractivity contribution < 1.29 is 0 Å². The van der Waals surface area contributed by atoms with Crippen molar-refractivity contribution in [1.29, 1.82) is 0 Å². The first-order chi connectivity index (χ1) is 7.88. The summed E-state index contributed by atoms with van der Waals surface area (Å²) in [5, 5.41) is 4.57. The van der Waals surface area contributed by atoms with Crippen LogP contribution in [0, 0.1) is 0 Å². The van der Waals surface area contributed by atoms with Gasteiger partial charge in [0.15, 0.2) is 0 Å². The normalized spacial score (nSPS) is 15.3. The molecule has 0 unspecified atom stereocenters. The smallest absolute Gasteiger partial charge is 0.0873 e. The molecule has 0 atom stereocenters. The van der Waals surface area contributed by atoms with Gasteiger partial charge in [-0.3, -0.25) is 4.98 Å². The molecule has 2 aromatic heterocycles. The van der Waals surface area contributed by atoms with Crippen LogP contribution in [-0.2, 0) is 6.54 Å². The summed E-state index contributed by atoms with van der Waals surface area (Å²) in [6.07, 6.45) is 8.11. The predicted molar refractivity (Wildman–Crippen MR) is 61.2 cm³/mol. The van der Waals surface area contributed by atoms with Crippen LogP contribution in [0.2, 0.25) is 0 Å². The SMILES string of the molecule is NCc1ccncc1-n1ccc(C2CC2)n1. The van der Waals surface area contributed by atoms with Crippen molar-refractivity contribution in [2.45, 2.75) is 25.3 Å². The van der Waals surface area contributed by atoms with Crippen molar-refractivity contribution in [2.24, 2.45) is 5.73 Å². The topological polar surface area (TPSA) is 56.7 Å². The molecule has 4 nitrogen and oxygen atoms in total. The molecule has 3 rings (SSSR count). The lowest BCUT2D eigenvalue weighted by atomic mass is 10.2. The fraction of sp³-hybridized carbons (Fsp3) is 0.333. The van der Waals surface area contributed by atoms with Gasteiger partial charge >= 0.3 is 0 Å². The zero-order chi connectivity index (χ0) is 11.0. The fourth-order valence-electron chi connectivity index (χ4n) is 1.86. The zero-order valence-electron chi connectivity index (χ0n) is 9.00. The molecule has 1 aliphatic rings. The summed E-state index contributed by atoms with van der Waals surface area (Å²) >= 11 is 0. The molecule has 1 saturated carbocycles. The number of rotatable bonds is 3. The van der Waals surface area contributed by atoms with Crippen molar-refractivity contribution in [2.75, 3.05) is 0 Å². The number of pyridine rings is 1. The van der Waals surface area contributed by atoms with E-state index in [1.807, 2.05) is 23.1 Å². The Balaban J connectivity index is 2.00. The van der Waals surface area contributed by atoms with Crippen LogP contribution in [-0.4, -0.2) is 14.8 Å². The van der Waals surface area contributed by atoms with Crippen LogP contribution in [0.3, 0.4) is 0 Å². The van der Waals surface area contributed by atoms with E-state index in [1.54, 1.807) is 6.20 Å². The molecule has 82 valence electrons. The second-order valence-electron chi connectivity index (χ2n) is 4.17. The Morgan fingerprint density at radius 1 is 1.38 bits per heavy atom. The highest BCUT2D eigenvalue weighted by Gasteiger charge is 2.26. The van der Waals surface area contributed by atoms with E-state index in [2.05, 4.69) is 16.1 Å². The number of hydrogen-bond donors (Lipinski definition) is 1. The number of aromatic nitrogens is 3. The summed E-state index contributed by atoms with van der Waals surface area (Å²) in [5.74, 6) is 0.680. The Morgan fingerprint density at radius 2 is 2.25 bits per heavy atom. The highest BCUT2D eigenvalue weighted by Crippen LogP contribution is 2.39. The van der Waals surface area contributed by atoms with Gasteiger partial charge < -0.3 is 5.73 Å². The molecule has 0 saturated heterocycles. The highest BCUT2D eigenvalue weighted by atomic mass is 15.3. The molecular formula is C12H14N4. The van der Waals surface area contributed by atoms with E-state index < -0.39 is 0 Å². The lowest BCUT2D eigenvalue weighted by Gasteiger charge is -2.06. The minimum absolute atomic E-state index is 0.510. The fourth-order valence-corrected chi connectivity index (χ4v) is 1.86. The number of hydrogen-bond acceptors (Lipinski definition) is 3. The third kappa shape index (κ3) is 1.61. The summed E-state index contributed by atoms with van der Waals surface area (Å²) < 4.78 is 1.88. The summed E-state index contributed by atoms with van der Waals surface area (Å²) in [7, 11) is 0. The Kier molecular flexibility index (Phi) is 2.22. The monoisotopic (exact) mass is 214 g/mol. The minimum atomic E-state index is 0.510. The summed E-state index contributed by atoms with van der Waals surface area (Å²) in [4.78, 5) is 4.12. The maximum Gasteiger partial charge on any atom is 0.0873 e. The summed E-state index contributed by atoms with van der Waals surface area (Å²) in [5.41, 5.74) is 8.94. The standard InChI is InChI=1S/C12H14N4/c13-7-10-3-5-14-8-12(10)16-6-4-11(15-16)9-1-2-9/h3-6,8-9H,1-2,7,13H2. The molecule has 1 aliphatic carbocycles. The van der Waals surface area contributed by atoms with Gasteiger partial charge in [-0.05, 0) is 30.5 Å². The van der Waals surface area contributed by atoms with E-state index >= 15 is 0 Å². The average molecular weight is 214 g/mol.